The molecule has 7 heteroatoms. The predicted molar refractivity (Wildman–Crippen MR) is 76.5 cm³/mol. The normalized spacial score (nSPS) is 15.4. The van der Waals surface area contributed by atoms with Crippen molar-refractivity contribution < 1.29 is 9.90 Å². The summed E-state index contributed by atoms with van der Waals surface area (Å²) in [5, 5.41) is 20.3. The Labute approximate surface area is 122 Å². The second-order valence-electron chi connectivity index (χ2n) is 5.09. The predicted octanol–water partition coefficient (Wildman–Crippen LogP) is 1.38. The number of nitrogens with zero attached hydrogens (tertiary/aromatic N) is 4. The van der Waals surface area contributed by atoms with Gasteiger partial charge in [0.1, 0.15) is 6.33 Å². The Hall–Kier alpha value is -2.41. The van der Waals surface area contributed by atoms with Crippen molar-refractivity contribution in [2.75, 3.05) is 11.9 Å². The van der Waals surface area contributed by atoms with Gasteiger partial charge in [-0.05, 0) is 24.6 Å². The largest absolute Gasteiger partial charge is 0.389 e. The van der Waals surface area contributed by atoms with Crippen molar-refractivity contribution in [1.82, 2.24) is 19.7 Å². The van der Waals surface area contributed by atoms with E-state index in [9.17, 15) is 9.90 Å². The van der Waals surface area contributed by atoms with Gasteiger partial charge in [-0.25, -0.2) is 4.79 Å². The number of hydrogen-bond donors (Lipinski definition) is 2. The average Bonchev–Trinajstić information content (AvgIpc) is 2.94. The molecule has 1 aromatic heterocycles. The molecule has 0 saturated carbocycles. The summed E-state index contributed by atoms with van der Waals surface area (Å²) in [7, 11) is 0. The van der Waals surface area contributed by atoms with Crippen LogP contribution in [-0.2, 0) is 13.1 Å². The maximum absolute atomic E-state index is 12.3. The number of anilines is 1. The van der Waals surface area contributed by atoms with E-state index >= 15 is 0 Å². The molecule has 1 unspecified atom stereocenters. The molecular weight excluding hydrogens is 270 g/mol. The fraction of sp³-hybridized carbons (Fsp3) is 0.357. The van der Waals surface area contributed by atoms with Crippen molar-refractivity contribution in [2.24, 2.45) is 0 Å². The molecule has 1 aromatic carbocycles. The SMILES string of the molecule is CC(O)c1cccc(NC(=O)N2CCn3cnnc3C2)c1. The Balaban J connectivity index is 1.68. The molecule has 0 saturated heterocycles. The fourth-order valence-electron chi connectivity index (χ4n) is 2.32. The fourth-order valence-corrected chi connectivity index (χ4v) is 2.32. The number of carbonyl (C=O) groups is 1. The number of fused-ring (bicyclic) bond motifs is 1. The minimum absolute atomic E-state index is 0.174. The third kappa shape index (κ3) is 2.87. The number of nitrogens with one attached hydrogen (secondary N) is 1. The molecule has 2 amide bonds. The molecule has 0 bridgehead atoms. The lowest BCUT2D eigenvalue weighted by Crippen LogP contribution is -2.40. The van der Waals surface area contributed by atoms with Crippen molar-refractivity contribution in [2.45, 2.75) is 26.1 Å². The molecule has 0 aliphatic carbocycles. The van der Waals surface area contributed by atoms with Crippen LogP contribution in [0.4, 0.5) is 10.5 Å². The molecule has 2 N–H and O–H groups in total. The van der Waals surface area contributed by atoms with Crippen LogP contribution in [0.2, 0.25) is 0 Å². The number of urea groups is 1. The topological polar surface area (TPSA) is 83.3 Å². The van der Waals surface area contributed by atoms with Gasteiger partial charge in [-0.15, -0.1) is 10.2 Å². The van der Waals surface area contributed by atoms with Gasteiger partial charge in [-0.3, -0.25) is 0 Å². The second-order valence-corrected chi connectivity index (χ2v) is 5.09. The first-order chi connectivity index (χ1) is 10.1. The highest BCUT2D eigenvalue weighted by atomic mass is 16.3. The summed E-state index contributed by atoms with van der Waals surface area (Å²) in [4.78, 5) is 14.0. The first kappa shape index (κ1) is 13.6. The molecule has 7 nitrogen and oxygen atoms in total. The standard InChI is InChI=1S/C14H17N5O2/c1-10(20)11-3-2-4-12(7-11)16-14(21)18-5-6-19-9-15-17-13(19)8-18/h2-4,7,9-10,20H,5-6,8H2,1H3,(H,16,21). The third-order valence-electron chi connectivity index (χ3n) is 3.55. The van der Waals surface area contributed by atoms with E-state index < -0.39 is 6.10 Å². The Kier molecular flexibility index (Phi) is 3.57. The van der Waals surface area contributed by atoms with Crippen molar-refractivity contribution in [3.63, 3.8) is 0 Å². The molecule has 1 atom stereocenters. The van der Waals surface area contributed by atoms with Crippen molar-refractivity contribution >= 4 is 11.7 Å². The second kappa shape index (κ2) is 5.53. The zero-order chi connectivity index (χ0) is 14.8. The average molecular weight is 287 g/mol. The van der Waals surface area contributed by atoms with Crippen LogP contribution in [0, 0.1) is 0 Å². The monoisotopic (exact) mass is 287 g/mol. The van der Waals surface area contributed by atoms with Crippen LogP contribution in [0.5, 0.6) is 0 Å². The first-order valence-electron chi connectivity index (χ1n) is 6.84. The molecule has 0 fully saturated rings. The number of aliphatic hydroxyl groups excluding tert-OH is 1. The Morgan fingerprint density at radius 1 is 1.43 bits per heavy atom. The molecule has 21 heavy (non-hydrogen) atoms. The number of benzene rings is 1. The van der Waals surface area contributed by atoms with E-state index in [4.69, 9.17) is 0 Å². The van der Waals surface area contributed by atoms with Gasteiger partial charge in [0, 0.05) is 18.8 Å². The zero-order valence-electron chi connectivity index (χ0n) is 11.7. The molecule has 2 aromatic rings. The number of carbonyl (C=O) groups excluding carboxylic acids is 1. The summed E-state index contributed by atoms with van der Waals surface area (Å²) in [5.41, 5.74) is 1.44. The van der Waals surface area contributed by atoms with Crippen LogP contribution in [0.25, 0.3) is 0 Å². The van der Waals surface area contributed by atoms with E-state index in [1.165, 1.54) is 0 Å². The summed E-state index contributed by atoms with van der Waals surface area (Å²) in [6.07, 6.45) is 1.12. The molecule has 3 rings (SSSR count). The van der Waals surface area contributed by atoms with Crippen LogP contribution in [-0.4, -0.2) is 37.3 Å². The maximum Gasteiger partial charge on any atom is 0.322 e. The van der Waals surface area contributed by atoms with E-state index in [1.807, 2.05) is 16.7 Å². The molecular formula is C14H17N5O2. The quantitative estimate of drug-likeness (QED) is 0.874. The highest BCUT2D eigenvalue weighted by molar-refractivity contribution is 5.89. The number of amides is 2. The first-order valence-corrected chi connectivity index (χ1v) is 6.84. The van der Waals surface area contributed by atoms with Gasteiger partial charge >= 0.3 is 6.03 Å². The lowest BCUT2D eigenvalue weighted by atomic mass is 10.1. The van der Waals surface area contributed by atoms with Crippen molar-refractivity contribution in [3.8, 4) is 0 Å². The van der Waals surface area contributed by atoms with E-state index in [1.54, 1.807) is 30.3 Å². The molecule has 1 aliphatic heterocycles. The molecule has 2 heterocycles. The van der Waals surface area contributed by atoms with Gasteiger partial charge in [0.05, 0.1) is 12.6 Å². The minimum atomic E-state index is -0.560. The van der Waals surface area contributed by atoms with Gasteiger partial charge in [0.2, 0.25) is 0 Å². The zero-order valence-corrected chi connectivity index (χ0v) is 11.7. The van der Waals surface area contributed by atoms with Crippen LogP contribution in [0.3, 0.4) is 0 Å². The van der Waals surface area contributed by atoms with Gasteiger partial charge < -0.3 is 19.9 Å². The maximum atomic E-state index is 12.3. The van der Waals surface area contributed by atoms with Gasteiger partial charge in [-0.1, -0.05) is 12.1 Å². The van der Waals surface area contributed by atoms with Crippen LogP contribution in [0.1, 0.15) is 24.4 Å². The van der Waals surface area contributed by atoms with Gasteiger partial charge in [0.15, 0.2) is 5.82 Å². The van der Waals surface area contributed by atoms with Crippen LogP contribution >= 0.6 is 0 Å². The summed E-state index contributed by atoms with van der Waals surface area (Å²) in [5.74, 6) is 0.786. The Morgan fingerprint density at radius 3 is 3.10 bits per heavy atom. The number of aliphatic hydroxyl groups is 1. The Morgan fingerprint density at radius 2 is 2.29 bits per heavy atom. The highest BCUT2D eigenvalue weighted by Crippen LogP contribution is 2.18. The van der Waals surface area contributed by atoms with Gasteiger partial charge in [0.25, 0.3) is 0 Å². The number of rotatable bonds is 2. The molecule has 0 radical (unpaired) electrons. The minimum Gasteiger partial charge on any atom is -0.389 e. The van der Waals surface area contributed by atoms with Gasteiger partial charge in [-0.2, -0.15) is 0 Å². The third-order valence-corrected chi connectivity index (χ3v) is 3.55. The molecule has 0 spiro atoms. The summed E-state index contributed by atoms with van der Waals surface area (Å²) in [6.45, 7) is 3.46. The number of aromatic nitrogens is 3. The molecule has 1 aliphatic rings. The highest BCUT2D eigenvalue weighted by Gasteiger charge is 2.21. The van der Waals surface area contributed by atoms with Crippen molar-refractivity contribution in [3.05, 3.63) is 42.0 Å². The van der Waals surface area contributed by atoms with E-state index in [0.29, 0.717) is 25.3 Å². The number of hydrogen-bond acceptors (Lipinski definition) is 4. The summed E-state index contributed by atoms with van der Waals surface area (Å²) < 4.78 is 1.94. The smallest absolute Gasteiger partial charge is 0.322 e. The van der Waals surface area contributed by atoms with Crippen LogP contribution in [0.15, 0.2) is 30.6 Å². The van der Waals surface area contributed by atoms with E-state index in [0.717, 1.165) is 11.4 Å². The Bertz CT molecular complexity index is 652. The van der Waals surface area contributed by atoms with Crippen molar-refractivity contribution in [1.29, 1.82) is 0 Å². The summed E-state index contributed by atoms with van der Waals surface area (Å²) >= 11 is 0. The molecule has 110 valence electrons. The lowest BCUT2D eigenvalue weighted by Gasteiger charge is -2.27. The van der Waals surface area contributed by atoms with E-state index in [2.05, 4.69) is 15.5 Å². The van der Waals surface area contributed by atoms with Crippen LogP contribution < -0.4 is 5.32 Å². The van der Waals surface area contributed by atoms with E-state index in [-0.39, 0.29) is 6.03 Å². The summed E-state index contributed by atoms with van der Waals surface area (Å²) in [6, 6.07) is 7.03. The lowest BCUT2D eigenvalue weighted by molar-refractivity contribution is 0.195.